The van der Waals surface area contributed by atoms with E-state index in [0.29, 0.717) is 33.0 Å². The van der Waals surface area contributed by atoms with Crippen molar-refractivity contribution in [3.05, 3.63) is 0 Å². The molecular weight excluding hydrogens is 224 g/mol. The number of aliphatic hydroxyl groups is 1. The molecule has 0 aromatic heterocycles. The number of hydrogen-bond donors (Lipinski definition) is 1. The third-order valence-electron chi connectivity index (χ3n) is 2.30. The molecule has 0 amide bonds. The highest BCUT2D eigenvalue weighted by Gasteiger charge is 2.10. The van der Waals surface area contributed by atoms with Gasteiger partial charge in [-0.2, -0.15) is 0 Å². The lowest BCUT2D eigenvalue weighted by molar-refractivity contribution is -0.149. The highest BCUT2D eigenvalue weighted by Crippen LogP contribution is 2.02. The molecule has 0 aliphatic heterocycles. The summed E-state index contributed by atoms with van der Waals surface area (Å²) in [4.78, 5) is 11.3. The lowest BCUT2D eigenvalue weighted by atomic mass is 10.1. The summed E-state index contributed by atoms with van der Waals surface area (Å²) in [5.41, 5.74) is 0. The number of esters is 1. The molecule has 1 N–H and O–H groups in total. The number of aliphatic hydroxyl groups excluding tert-OH is 1. The van der Waals surface area contributed by atoms with Crippen molar-refractivity contribution in [2.45, 2.75) is 26.7 Å². The third kappa shape index (κ3) is 10.2. The van der Waals surface area contributed by atoms with Gasteiger partial charge in [-0.05, 0) is 12.8 Å². The zero-order chi connectivity index (χ0) is 12.9. The number of rotatable bonds is 11. The molecule has 5 nitrogen and oxygen atoms in total. The molecule has 1 atom stereocenters. The van der Waals surface area contributed by atoms with Gasteiger partial charge in [-0.3, -0.25) is 4.79 Å². The Labute approximate surface area is 103 Å². The molecule has 0 bridgehead atoms. The second-order valence-corrected chi connectivity index (χ2v) is 3.78. The molecule has 0 radical (unpaired) electrons. The maximum Gasteiger partial charge on any atom is 0.308 e. The molecule has 0 saturated heterocycles. The minimum atomic E-state index is -0.164. The van der Waals surface area contributed by atoms with Crippen LogP contribution >= 0.6 is 0 Å². The lowest BCUT2D eigenvalue weighted by Crippen LogP contribution is -2.17. The van der Waals surface area contributed by atoms with Crippen LogP contribution in [-0.4, -0.2) is 50.7 Å². The summed E-state index contributed by atoms with van der Waals surface area (Å²) in [5.74, 6) is -0.204. The first-order chi connectivity index (χ1) is 8.22. The fraction of sp³-hybridized carbons (Fsp3) is 0.917. The van der Waals surface area contributed by atoms with Gasteiger partial charge < -0.3 is 19.3 Å². The molecule has 0 fully saturated rings. The Morgan fingerprint density at radius 1 is 1.12 bits per heavy atom. The Morgan fingerprint density at radius 2 is 1.76 bits per heavy atom. The maximum absolute atomic E-state index is 11.3. The van der Waals surface area contributed by atoms with Crippen LogP contribution in [0.3, 0.4) is 0 Å². The van der Waals surface area contributed by atoms with E-state index in [9.17, 15) is 4.79 Å². The smallest absolute Gasteiger partial charge is 0.308 e. The van der Waals surface area contributed by atoms with Gasteiger partial charge in [0.05, 0.1) is 25.7 Å². The molecule has 0 aromatic carbocycles. The summed E-state index contributed by atoms with van der Waals surface area (Å²) in [6, 6.07) is 0. The van der Waals surface area contributed by atoms with Gasteiger partial charge in [-0.1, -0.05) is 13.8 Å². The molecule has 0 rings (SSSR count). The monoisotopic (exact) mass is 248 g/mol. The van der Waals surface area contributed by atoms with Crippen molar-refractivity contribution in [1.29, 1.82) is 0 Å². The highest BCUT2D eigenvalue weighted by molar-refractivity contribution is 5.71. The molecule has 0 heterocycles. The van der Waals surface area contributed by atoms with Crippen molar-refractivity contribution in [1.82, 2.24) is 0 Å². The van der Waals surface area contributed by atoms with Gasteiger partial charge in [0.15, 0.2) is 0 Å². The van der Waals surface area contributed by atoms with E-state index in [1.807, 2.05) is 13.8 Å². The summed E-state index contributed by atoms with van der Waals surface area (Å²) in [7, 11) is 0. The van der Waals surface area contributed by atoms with Crippen LogP contribution in [0.2, 0.25) is 0 Å². The van der Waals surface area contributed by atoms with Crippen molar-refractivity contribution in [2.75, 3.05) is 39.6 Å². The van der Waals surface area contributed by atoms with Gasteiger partial charge in [0.1, 0.15) is 6.61 Å². The second-order valence-electron chi connectivity index (χ2n) is 3.78. The van der Waals surface area contributed by atoms with E-state index in [2.05, 4.69) is 0 Å². The molecule has 0 saturated carbocycles. The van der Waals surface area contributed by atoms with Gasteiger partial charge in [0.25, 0.3) is 0 Å². The van der Waals surface area contributed by atoms with Crippen molar-refractivity contribution >= 4 is 5.97 Å². The van der Waals surface area contributed by atoms with Gasteiger partial charge >= 0.3 is 5.97 Å². The number of ether oxygens (including phenoxy) is 3. The fourth-order valence-electron chi connectivity index (χ4n) is 1.04. The van der Waals surface area contributed by atoms with Crippen LogP contribution in [0.15, 0.2) is 0 Å². The first-order valence-electron chi connectivity index (χ1n) is 6.15. The summed E-state index contributed by atoms with van der Waals surface area (Å²) in [6.07, 6.45) is 1.57. The standard InChI is InChI=1S/C12H24O5/c1-3-11(2)12(14)17-10-9-16-7-4-6-15-8-5-13/h11,13H,3-10H2,1-2H3. The van der Waals surface area contributed by atoms with E-state index in [0.717, 1.165) is 12.8 Å². The molecule has 5 heteroatoms. The molecule has 0 spiro atoms. The topological polar surface area (TPSA) is 65.0 Å². The molecule has 0 aliphatic carbocycles. The largest absolute Gasteiger partial charge is 0.463 e. The summed E-state index contributed by atoms with van der Waals surface area (Å²) < 4.78 is 15.3. The molecule has 0 aromatic rings. The predicted octanol–water partition coefficient (Wildman–Crippen LogP) is 0.991. The van der Waals surface area contributed by atoms with Crippen LogP contribution in [0.4, 0.5) is 0 Å². The second kappa shape index (κ2) is 11.8. The van der Waals surface area contributed by atoms with Gasteiger partial charge in [-0.25, -0.2) is 0 Å². The number of carbonyl (C=O) groups is 1. The third-order valence-corrected chi connectivity index (χ3v) is 2.30. The van der Waals surface area contributed by atoms with Gasteiger partial charge in [-0.15, -0.1) is 0 Å². The Bertz CT molecular complexity index is 184. The van der Waals surface area contributed by atoms with E-state index in [1.165, 1.54) is 0 Å². The minimum absolute atomic E-state index is 0.0399. The lowest BCUT2D eigenvalue weighted by Gasteiger charge is -2.09. The van der Waals surface area contributed by atoms with Crippen LogP contribution in [0.25, 0.3) is 0 Å². The van der Waals surface area contributed by atoms with Crippen LogP contribution in [0.1, 0.15) is 26.7 Å². The number of carbonyl (C=O) groups excluding carboxylic acids is 1. The van der Waals surface area contributed by atoms with E-state index < -0.39 is 0 Å². The Hall–Kier alpha value is -0.650. The molecule has 102 valence electrons. The molecule has 1 unspecified atom stereocenters. The minimum Gasteiger partial charge on any atom is -0.463 e. The molecule has 17 heavy (non-hydrogen) atoms. The summed E-state index contributed by atoms with van der Waals surface area (Å²) >= 11 is 0. The van der Waals surface area contributed by atoms with Crippen molar-refractivity contribution in [3.8, 4) is 0 Å². The summed E-state index contributed by atoms with van der Waals surface area (Å²) in [6.45, 7) is 6.10. The zero-order valence-electron chi connectivity index (χ0n) is 10.8. The Morgan fingerprint density at radius 3 is 2.35 bits per heavy atom. The first kappa shape index (κ1) is 16.4. The average Bonchev–Trinajstić information content (AvgIpc) is 2.35. The normalized spacial score (nSPS) is 12.4. The van der Waals surface area contributed by atoms with E-state index in [-0.39, 0.29) is 18.5 Å². The maximum atomic E-state index is 11.3. The van der Waals surface area contributed by atoms with Gasteiger partial charge in [0.2, 0.25) is 0 Å². The quantitative estimate of drug-likeness (QED) is 0.436. The van der Waals surface area contributed by atoms with E-state index in [4.69, 9.17) is 19.3 Å². The van der Waals surface area contributed by atoms with E-state index >= 15 is 0 Å². The zero-order valence-corrected chi connectivity index (χ0v) is 10.8. The summed E-state index contributed by atoms with van der Waals surface area (Å²) in [5, 5.41) is 8.45. The Balaban J connectivity index is 3.16. The first-order valence-corrected chi connectivity index (χ1v) is 6.15. The van der Waals surface area contributed by atoms with Crippen molar-refractivity contribution < 1.29 is 24.1 Å². The van der Waals surface area contributed by atoms with Crippen LogP contribution in [-0.2, 0) is 19.0 Å². The molecular formula is C12H24O5. The highest BCUT2D eigenvalue weighted by atomic mass is 16.6. The fourth-order valence-corrected chi connectivity index (χ4v) is 1.04. The molecule has 0 aliphatic rings. The average molecular weight is 248 g/mol. The van der Waals surface area contributed by atoms with Crippen LogP contribution in [0, 0.1) is 5.92 Å². The van der Waals surface area contributed by atoms with Crippen molar-refractivity contribution in [3.63, 3.8) is 0 Å². The number of hydrogen-bond acceptors (Lipinski definition) is 5. The van der Waals surface area contributed by atoms with E-state index in [1.54, 1.807) is 0 Å². The predicted molar refractivity (Wildman–Crippen MR) is 63.8 cm³/mol. The Kier molecular flexibility index (Phi) is 11.4. The van der Waals surface area contributed by atoms with Gasteiger partial charge in [0, 0.05) is 13.2 Å². The van der Waals surface area contributed by atoms with Crippen LogP contribution in [0.5, 0.6) is 0 Å². The SMILES string of the molecule is CCC(C)C(=O)OCCOCCCOCCO. The van der Waals surface area contributed by atoms with Crippen LogP contribution < -0.4 is 0 Å². The van der Waals surface area contributed by atoms with Crippen molar-refractivity contribution in [2.24, 2.45) is 5.92 Å².